The Balaban J connectivity index is 0.00000312. The zero-order valence-electron chi connectivity index (χ0n) is 15.0. The molecule has 1 aromatic carbocycles. The summed E-state index contributed by atoms with van der Waals surface area (Å²) in [5.74, 6) is 1.42. The molecule has 142 valence electrons. The van der Waals surface area contributed by atoms with Crippen molar-refractivity contribution in [3.63, 3.8) is 0 Å². The summed E-state index contributed by atoms with van der Waals surface area (Å²) in [6.45, 7) is 6.38. The fourth-order valence-electron chi connectivity index (χ4n) is 2.67. The molecule has 1 aliphatic heterocycles. The molecule has 1 N–H and O–H groups in total. The van der Waals surface area contributed by atoms with Crippen molar-refractivity contribution in [2.45, 2.75) is 13.5 Å². The predicted octanol–water partition coefficient (Wildman–Crippen LogP) is 1.43. The molecule has 25 heavy (non-hydrogen) atoms. The van der Waals surface area contributed by atoms with Gasteiger partial charge >= 0.3 is 0 Å². The van der Waals surface area contributed by atoms with Crippen LogP contribution in [-0.2, 0) is 16.4 Å². The number of benzene rings is 1. The lowest BCUT2D eigenvalue weighted by Crippen LogP contribution is -2.42. The van der Waals surface area contributed by atoms with Crippen LogP contribution >= 0.6 is 24.0 Å². The molecule has 1 heterocycles. The van der Waals surface area contributed by atoms with Crippen LogP contribution in [0.4, 0.5) is 0 Å². The summed E-state index contributed by atoms with van der Waals surface area (Å²) in [5.41, 5.74) is 1.24. The average Bonchev–Trinajstić information content (AvgIpc) is 2.56. The highest BCUT2D eigenvalue weighted by atomic mass is 127. The van der Waals surface area contributed by atoms with Crippen LogP contribution in [0.1, 0.15) is 12.5 Å². The SMILES string of the molecule is CCNC(=NCCN1CCS(=O)(=O)CC1)N(C)Cc1ccccc1.I. The lowest BCUT2D eigenvalue weighted by molar-refractivity contribution is 0.303. The largest absolute Gasteiger partial charge is 0.357 e. The third kappa shape index (κ3) is 7.91. The van der Waals surface area contributed by atoms with Crippen molar-refractivity contribution in [1.82, 2.24) is 15.1 Å². The van der Waals surface area contributed by atoms with Gasteiger partial charge in [-0.05, 0) is 12.5 Å². The van der Waals surface area contributed by atoms with E-state index in [-0.39, 0.29) is 35.5 Å². The third-order valence-electron chi connectivity index (χ3n) is 4.07. The Morgan fingerprint density at radius 3 is 2.48 bits per heavy atom. The first kappa shape index (κ1) is 22.2. The summed E-state index contributed by atoms with van der Waals surface area (Å²) in [7, 11) is -0.782. The molecule has 0 saturated carbocycles. The molecule has 0 bridgehead atoms. The quantitative estimate of drug-likeness (QED) is 0.379. The maximum atomic E-state index is 11.5. The molecule has 8 heteroatoms. The third-order valence-corrected chi connectivity index (χ3v) is 5.68. The van der Waals surface area contributed by atoms with Gasteiger partial charge < -0.3 is 10.2 Å². The molecule has 1 fully saturated rings. The lowest BCUT2D eigenvalue weighted by Gasteiger charge is -2.26. The predicted molar refractivity (Wildman–Crippen MR) is 114 cm³/mol. The normalized spacial score (nSPS) is 17.6. The number of aliphatic imine (C=N–C) groups is 1. The Hall–Kier alpha value is -0.870. The Bertz CT molecular complexity index is 623. The van der Waals surface area contributed by atoms with Gasteiger partial charge in [0.1, 0.15) is 0 Å². The van der Waals surface area contributed by atoms with Crippen LogP contribution in [-0.4, -0.2) is 75.5 Å². The molecule has 0 aromatic heterocycles. The van der Waals surface area contributed by atoms with Gasteiger partial charge in [0.15, 0.2) is 15.8 Å². The second kappa shape index (κ2) is 11.0. The van der Waals surface area contributed by atoms with Gasteiger partial charge in [-0.1, -0.05) is 30.3 Å². The molecule has 1 aromatic rings. The van der Waals surface area contributed by atoms with Crippen molar-refractivity contribution in [1.29, 1.82) is 0 Å². The maximum absolute atomic E-state index is 11.5. The van der Waals surface area contributed by atoms with Crippen LogP contribution in [0.2, 0.25) is 0 Å². The smallest absolute Gasteiger partial charge is 0.194 e. The monoisotopic (exact) mass is 480 g/mol. The summed E-state index contributed by atoms with van der Waals surface area (Å²) in [4.78, 5) is 8.96. The fraction of sp³-hybridized carbons (Fsp3) is 0.588. The van der Waals surface area contributed by atoms with E-state index in [0.29, 0.717) is 19.6 Å². The van der Waals surface area contributed by atoms with E-state index < -0.39 is 9.84 Å². The molecule has 0 amide bonds. The highest BCUT2D eigenvalue weighted by molar-refractivity contribution is 14.0. The first-order valence-corrected chi connectivity index (χ1v) is 10.3. The molecule has 2 rings (SSSR count). The lowest BCUT2D eigenvalue weighted by atomic mass is 10.2. The minimum absolute atomic E-state index is 0. The molecule has 0 spiro atoms. The standard InChI is InChI=1S/C17H28N4O2S.HI/c1-3-18-17(20(2)15-16-7-5-4-6-8-16)19-9-10-21-11-13-24(22,23)14-12-21;/h4-8H,3,9-15H2,1-2H3,(H,18,19);1H. The minimum atomic E-state index is -2.81. The van der Waals surface area contributed by atoms with Crippen LogP contribution in [0.3, 0.4) is 0 Å². The minimum Gasteiger partial charge on any atom is -0.357 e. The molecule has 6 nitrogen and oxygen atoms in total. The van der Waals surface area contributed by atoms with E-state index in [1.807, 2.05) is 25.2 Å². The van der Waals surface area contributed by atoms with Gasteiger partial charge in [0.05, 0.1) is 18.1 Å². The summed E-state index contributed by atoms with van der Waals surface area (Å²) in [6, 6.07) is 10.3. The summed E-state index contributed by atoms with van der Waals surface area (Å²) >= 11 is 0. The highest BCUT2D eigenvalue weighted by Gasteiger charge is 2.20. The van der Waals surface area contributed by atoms with Gasteiger partial charge in [0.2, 0.25) is 0 Å². The van der Waals surface area contributed by atoms with E-state index in [1.54, 1.807) is 0 Å². The number of sulfone groups is 1. The van der Waals surface area contributed by atoms with Crippen LogP contribution < -0.4 is 5.32 Å². The van der Waals surface area contributed by atoms with Gasteiger partial charge in [0.25, 0.3) is 0 Å². The Morgan fingerprint density at radius 1 is 1.24 bits per heavy atom. The van der Waals surface area contributed by atoms with E-state index in [9.17, 15) is 8.42 Å². The van der Waals surface area contributed by atoms with Crippen molar-refractivity contribution < 1.29 is 8.42 Å². The summed E-state index contributed by atoms with van der Waals surface area (Å²) in [6.07, 6.45) is 0. The van der Waals surface area contributed by atoms with Crippen LogP contribution in [0.15, 0.2) is 35.3 Å². The summed E-state index contributed by atoms with van der Waals surface area (Å²) in [5, 5.41) is 3.31. The summed E-state index contributed by atoms with van der Waals surface area (Å²) < 4.78 is 22.9. The van der Waals surface area contributed by atoms with Gasteiger partial charge in [0, 0.05) is 39.8 Å². The van der Waals surface area contributed by atoms with Crippen molar-refractivity contribution in [2.24, 2.45) is 4.99 Å². The number of halogens is 1. The van der Waals surface area contributed by atoms with Crippen molar-refractivity contribution in [3.05, 3.63) is 35.9 Å². The first-order chi connectivity index (χ1) is 11.5. The Kier molecular flexibility index (Phi) is 9.73. The number of nitrogens with zero attached hydrogens (tertiary/aromatic N) is 3. The number of hydrogen-bond donors (Lipinski definition) is 1. The zero-order valence-corrected chi connectivity index (χ0v) is 18.2. The number of hydrogen-bond acceptors (Lipinski definition) is 4. The highest BCUT2D eigenvalue weighted by Crippen LogP contribution is 2.04. The van der Waals surface area contributed by atoms with Crippen LogP contribution in [0, 0.1) is 0 Å². The molecule has 0 unspecified atom stereocenters. The maximum Gasteiger partial charge on any atom is 0.194 e. The van der Waals surface area contributed by atoms with Crippen LogP contribution in [0.5, 0.6) is 0 Å². The zero-order chi connectivity index (χ0) is 17.4. The first-order valence-electron chi connectivity index (χ1n) is 8.46. The molecule has 1 saturated heterocycles. The van der Waals surface area contributed by atoms with E-state index in [1.165, 1.54) is 5.56 Å². The number of rotatable bonds is 6. The van der Waals surface area contributed by atoms with E-state index in [0.717, 1.165) is 25.6 Å². The van der Waals surface area contributed by atoms with E-state index in [4.69, 9.17) is 0 Å². The van der Waals surface area contributed by atoms with Gasteiger partial charge in [-0.25, -0.2) is 8.42 Å². The second-order valence-corrected chi connectivity index (χ2v) is 8.37. The molecule has 0 atom stereocenters. The van der Waals surface area contributed by atoms with Gasteiger partial charge in [-0.3, -0.25) is 9.89 Å². The fourth-order valence-corrected chi connectivity index (χ4v) is 3.95. The van der Waals surface area contributed by atoms with Gasteiger partial charge in [-0.2, -0.15) is 0 Å². The Morgan fingerprint density at radius 2 is 1.88 bits per heavy atom. The number of guanidine groups is 1. The Labute approximate surface area is 168 Å². The van der Waals surface area contributed by atoms with Crippen molar-refractivity contribution in [2.75, 3.05) is 51.3 Å². The number of nitrogens with one attached hydrogen (secondary N) is 1. The van der Waals surface area contributed by atoms with Gasteiger partial charge in [-0.15, -0.1) is 24.0 Å². The average molecular weight is 480 g/mol. The topological polar surface area (TPSA) is 65.0 Å². The molecule has 1 aliphatic rings. The van der Waals surface area contributed by atoms with E-state index >= 15 is 0 Å². The molecular formula is C17H29IN4O2S. The molecular weight excluding hydrogens is 451 g/mol. The molecule has 0 aliphatic carbocycles. The van der Waals surface area contributed by atoms with Crippen LogP contribution in [0.25, 0.3) is 0 Å². The second-order valence-electron chi connectivity index (χ2n) is 6.07. The molecule has 0 radical (unpaired) electrons. The van der Waals surface area contributed by atoms with Crippen molar-refractivity contribution in [3.8, 4) is 0 Å². The van der Waals surface area contributed by atoms with Crippen molar-refractivity contribution >= 4 is 39.8 Å². The van der Waals surface area contributed by atoms with E-state index in [2.05, 4.69) is 39.2 Å².